The van der Waals surface area contributed by atoms with Crippen LogP contribution in [0.2, 0.25) is 0 Å². The molecule has 3 rings (SSSR count). The van der Waals surface area contributed by atoms with Gasteiger partial charge >= 0.3 is 0 Å². The summed E-state index contributed by atoms with van der Waals surface area (Å²) in [6.45, 7) is 6.64. The number of nitrogens with two attached hydrogens (primary N) is 1. The fourth-order valence-electron chi connectivity index (χ4n) is 2.36. The molecule has 0 saturated heterocycles. The molecule has 1 aromatic heterocycles. The van der Waals surface area contributed by atoms with Crippen molar-refractivity contribution in [2.45, 2.75) is 44.9 Å². The quantitative estimate of drug-likeness (QED) is 0.765. The van der Waals surface area contributed by atoms with Crippen LogP contribution in [-0.4, -0.2) is 9.97 Å². The Hall–Kier alpha value is -1.17. The van der Waals surface area contributed by atoms with Gasteiger partial charge in [-0.1, -0.05) is 45.0 Å². The van der Waals surface area contributed by atoms with Crippen molar-refractivity contribution in [2.24, 2.45) is 0 Å². The second-order valence-corrected chi connectivity index (χ2v) is 7.81. The number of anilines is 1. The van der Waals surface area contributed by atoms with Gasteiger partial charge in [0.1, 0.15) is 5.82 Å². The van der Waals surface area contributed by atoms with Gasteiger partial charge in [0.25, 0.3) is 0 Å². The van der Waals surface area contributed by atoms with E-state index in [0.29, 0.717) is 11.7 Å². The summed E-state index contributed by atoms with van der Waals surface area (Å²) in [5, 5.41) is 0. The summed E-state index contributed by atoms with van der Waals surface area (Å²) in [6, 6.07) is 8.51. The van der Waals surface area contributed by atoms with Crippen LogP contribution in [0.3, 0.4) is 0 Å². The number of hydrogen-bond acceptors (Lipinski definition) is 3. The third-order valence-corrected chi connectivity index (χ3v) is 4.98. The van der Waals surface area contributed by atoms with Gasteiger partial charge in [-0.05, 0) is 46.4 Å². The molecule has 110 valence electrons. The van der Waals surface area contributed by atoms with E-state index in [0.717, 1.165) is 20.7 Å². The minimum absolute atomic E-state index is 0.156. The molecule has 0 atom stereocenters. The van der Waals surface area contributed by atoms with Crippen LogP contribution in [0, 0.1) is 3.57 Å². The van der Waals surface area contributed by atoms with Crippen molar-refractivity contribution in [3.8, 4) is 11.4 Å². The van der Waals surface area contributed by atoms with Crippen LogP contribution in [0.25, 0.3) is 11.4 Å². The van der Waals surface area contributed by atoms with Gasteiger partial charge in [-0.2, -0.15) is 0 Å². The van der Waals surface area contributed by atoms with Gasteiger partial charge in [-0.25, -0.2) is 9.97 Å². The molecule has 1 aliphatic rings. The first-order valence-corrected chi connectivity index (χ1v) is 8.38. The van der Waals surface area contributed by atoms with Gasteiger partial charge in [0.15, 0.2) is 5.82 Å². The van der Waals surface area contributed by atoms with Crippen LogP contribution in [0.1, 0.15) is 50.8 Å². The predicted molar refractivity (Wildman–Crippen MR) is 95.3 cm³/mol. The molecule has 1 aromatic carbocycles. The largest absolute Gasteiger partial charge is 0.383 e. The Bertz CT molecular complexity index is 668. The van der Waals surface area contributed by atoms with Crippen LogP contribution in [0.5, 0.6) is 0 Å². The highest BCUT2D eigenvalue weighted by molar-refractivity contribution is 14.1. The molecule has 0 spiro atoms. The maximum Gasteiger partial charge on any atom is 0.161 e. The lowest BCUT2D eigenvalue weighted by atomic mass is 9.87. The number of nitrogen functional groups attached to an aromatic ring is 1. The maximum absolute atomic E-state index is 6.06. The normalized spacial score (nSPS) is 15.2. The van der Waals surface area contributed by atoms with Crippen LogP contribution in [0.4, 0.5) is 5.82 Å². The van der Waals surface area contributed by atoms with Crippen molar-refractivity contribution < 1.29 is 0 Å². The van der Waals surface area contributed by atoms with E-state index >= 15 is 0 Å². The molecule has 4 heteroatoms. The first-order valence-electron chi connectivity index (χ1n) is 7.30. The number of aromatic nitrogens is 2. The lowest BCUT2D eigenvalue weighted by molar-refractivity contribution is 0.590. The van der Waals surface area contributed by atoms with Crippen LogP contribution < -0.4 is 5.73 Å². The molecule has 0 unspecified atom stereocenters. The topological polar surface area (TPSA) is 51.8 Å². The SMILES string of the molecule is CC(C)(C)c1ccc(-c2nc(N)c(I)c(C3CC3)n2)cc1. The Morgan fingerprint density at radius 3 is 2.24 bits per heavy atom. The lowest BCUT2D eigenvalue weighted by Gasteiger charge is -2.19. The minimum atomic E-state index is 0.156. The van der Waals surface area contributed by atoms with Crippen LogP contribution >= 0.6 is 22.6 Å². The monoisotopic (exact) mass is 393 g/mol. The lowest BCUT2D eigenvalue weighted by Crippen LogP contribution is -2.10. The molecule has 2 N–H and O–H groups in total. The second-order valence-electron chi connectivity index (χ2n) is 6.73. The first kappa shape index (κ1) is 14.8. The van der Waals surface area contributed by atoms with Gasteiger partial charge in [0.05, 0.1) is 9.26 Å². The molecule has 2 aromatic rings. The molecular weight excluding hydrogens is 373 g/mol. The Kier molecular flexibility index (Phi) is 3.67. The number of rotatable bonds is 2. The highest BCUT2D eigenvalue weighted by atomic mass is 127. The summed E-state index contributed by atoms with van der Waals surface area (Å²) in [7, 11) is 0. The molecule has 3 nitrogen and oxygen atoms in total. The average molecular weight is 393 g/mol. The minimum Gasteiger partial charge on any atom is -0.383 e. The molecule has 0 amide bonds. The number of benzene rings is 1. The molecule has 0 radical (unpaired) electrons. The van der Waals surface area contributed by atoms with Crippen LogP contribution in [0.15, 0.2) is 24.3 Å². The van der Waals surface area contributed by atoms with E-state index in [1.54, 1.807) is 0 Å². The summed E-state index contributed by atoms with van der Waals surface area (Å²) in [4.78, 5) is 9.22. The maximum atomic E-state index is 6.06. The van der Waals surface area contributed by atoms with Crippen molar-refractivity contribution in [1.82, 2.24) is 9.97 Å². The fraction of sp³-hybridized carbons (Fsp3) is 0.412. The zero-order chi connectivity index (χ0) is 15.2. The van der Waals surface area contributed by atoms with Crippen molar-refractivity contribution >= 4 is 28.4 Å². The summed E-state index contributed by atoms with van der Waals surface area (Å²) in [5.41, 5.74) is 9.69. The molecule has 1 saturated carbocycles. The highest BCUT2D eigenvalue weighted by Crippen LogP contribution is 2.42. The van der Waals surface area contributed by atoms with Gasteiger partial charge in [0, 0.05) is 11.5 Å². The summed E-state index contributed by atoms with van der Waals surface area (Å²) in [6.07, 6.45) is 2.43. The highest BCUT2D eigenvalue weighted by Gasteiger charge is 2.29. The smallest absolute Gasteiger partial charge is 0.161 e. The molecule has 0 aliphatic heterocycles. The number of halogens is 1. The molecular formula is C17H20IN3. The molecule has 1 heterocycles. The Balaban J connectivity index is 2.00. The summed E-state index contributed by atoms with van der Waals surface area (Å²) in [5.74, 6) is 1.92. The van der Waals surface area contributed by atoms with E-state index in [2.05, 4.69) is 72.6 Å². The predicted octanol–water partition coefficient (Wildman–Crippen LogP) is 4.51. The number of nitrogens with zero attached hydrogens (tertiary/aromatic N) is 2. The van der Waals surface area contributed by atoms with E-state index in [1.807, 2.05) is 0 Å². The van der Waals surface area contributed by atoms with Gasteiger partial charge < -0.3 is 5.73 Å². The fourth-order valence-corrected chi connectivity index (χ4v) is 3.04. The third kappa shape index (κ3) is 3.05. The van der Waals surface area contributed by atoms with Gasteiger partial charge in [-0.3, -0.25) is 0 Å². The summed E-state index contributed by atoms with van der Waals surface area (Å²) >= 11 is 2.26. The van der Waals surface area contributed by atoms with E-state index < -0.39 is 0 Å². The van der Waals surface area contributed by atoms with E-state index in [-0.39, 0.29) is 5.41 Å². The zero-order valence-electron chi connectivity index (χ0n) is 12.7. The Morgan fingerprint density at radius 2 is 1.71 bits per heavy atom. The third-order valence-electron chi connectivity index (χ3n) is 3.88. The van der Waals surface area contributed by atoms with Crippen molar-refractivity contribution in [3.63, 3.8) is 0 Å². The van der Waals surface area contributed by atoms with Crippen molar-refractivity contribution in [3.05, 3.63) is 39.1 Å². The Labute approximate surface area is 139 Å². The zero-order valence-corrected chi connectivity index (χ0v) is 14.8. The van der Waals surface area contributed by atoms with E-state index in [9.17, 15) is 0 Å². The summed E-state index contributed by atoms with van der Waals surface area (Å²) < 4.78 is 1.02. The van der Waals surface area contributed by atoms with Gasteiger partial charge in [0.2, 0.25) is 0 Å². The van der Waals surface area contributed by atoms with Gasteiger partial charge in [-0.15, -0.1) is 0 Å². The Morgan fingerprint density at radius 1 is 1.10 bits per heavy atom. The molecule has 1 fully saturated rings. The van der Waals surface area contributed by atoms with Crippen molar-refractivity contribution in [2.75, 3.05) is 5.73 Å². The molecule has 1 aliphatic carbocycles. The molecule has 21 heavy (non-hydrogen) atoms. The van der Waals surface area contributed by atoms with E-state index in [4.69, 9.17) is 10.7 Å². The van der Waals surface area contributed by atoms with E-state index in [1.165, 1.54) is 18.4 Å². The number of hydrogen-bond donors (Lipinski definition) is 1. The second kappa shape index (κ2) is 5.23. The van der Waals surface area contributed by atoms with Crippen molar-refractivity contribution in [1.29, 1.82) is 0 Å². The van der Waals surface area contributed by atoms with Crippen LogP contribution in [-0.2, 0) is 5.41 Å². The first-order chi connectivity index (χ1) is 9.86. The average Bonchev–Trinajstić information content (AvgIpc) is 3.25. The standard InChI is InChI=1S/C17H20IN3/c1-17(2,3)12-8-6-11(7-9-12)16-20-14(10-4-5-10)13(18)15(19)21-16/h6-10H,4-5H2,1-3H3,(H2,19,20,21). The molecule has 0 bridgehead atoms.